The lowest BCUT2D eigenvalue weighted by atomic mass is 10.0. The van der Waals surface area contributed by atoms with Gasteiger partial charge in [-0.15, -0.1) is 0 Å². The monoisotopic (exact) mass is 641 g/mol. The molecule has 0 fully saturated rings. The Balaban J connectivity index is 1.16. The minimum Gasteiger partial charge on any atom is -0.456 e. The van der Waals surface area contributed by atoms with E-state index in [0.29, 0.717) is 17.5 Å². The smallest absolute Gasteiger partial charge is 0.165 e. The molecule has 6 nitrogen and oxygen atoms in total. The van der Waals surface area contributed by atoms with Crippen molar-refractivity contribution in [1.82, 2.24) is 24.5 Å². The van der Waals surface area contributed by atoms with Crippen molar-refractivity contribution in [2.24, 2.45) is 0 Å². The molecule has 0 aliphatic rings. The number of furan rings is 1. The molecule has 0 saturated heterocycles. The molecule has 0 unspecified atom stereocenters. The number of fused-ring (bicyclic) bond motifs is 6. The first-order valence-corrected chi connectivity index (χ1v) is 16.5. The van der Waals surface area contributed by atoms with Crippen LogP contribution < -0.4 is 0 Å². The Hall–Kier alpha value is -6.92. The maximum absolute atomic E-state index is 6.50. The second-order valence-corrected chi connectivity index (χ2v) is 12.4. The van der Waals surface area contributed by atoms with Gasteiger partial charge in [-0.05, 0) is 71.8 Å². The summed E-state index contributed by atoms with van der Waals surface area (Å²) in [6.07, 6.45) is 3.54. The van der Waals surface area contributed by atoms with E-state index in [4.69, 9.17) is 19.4 Å². The standard InChI is InChI=1S/C44H27N5O/c1-3-11-28(12-4-1)29-13-9-14-30(23-29)42-46-43(48-44(47-42)32-15-10-22-45-27-32)31-20-21-40-36(24-31)37-25-35-34-18-7-8-19-38(34)49(33-16-5-2-6-17-33)39(35)26-41(37)50-40/h1-27H. The Morgan fingerprint density at radius 1 is 0.400 bits per heavy atom. The molecule has 10 aromatic rings. The van der Waals surface area contributed by atoms with Gasteiger partial charge in [0.25, 0.3) is 0 Å². The lowest BCUT2D eigenvalue weighted by Crippen LogP contribution is -2.00. The number of pyridine rings is 1. The van der Waals surface area contributed by atoms with Crippen molar-refractivity contribution in [2.45, 2.75) is 0 Å². The summed E-state index contributed by atoms with van der Waals surface area (Å²) in [5.74, 6) is 1.74. The fraction of sp³-hybridized carbons (Fsp3) is 0. The fourth-order valence-electron chi connectivity index (χ4n) is 6.96. The van der Waals surface area contributed by atoms with Crippen molar-refractivity contribution in [3.63, 3.8) is 0 Å². The highest BCUT2D eigenvalue weighted by atomic mass is 16.3. The molecule has 10 rings (SSSR count). The van der Waals surface area contributed by atoms with Gasteiger partial charge < -0.3 is 8.98 Å². The Labute approximate surface area is 287 Å². The third kappa shape index (κ3) is 4.65. The highest BCUT2D eigenvalue weighted by molar-refractivity contribution is 6.17. The molecule has 0 amide bonds. The molecule has 234 valence electrons. The predicted octanol–water partition coefficient (Wildman–Crippen LogP) is 10.9. The molecule has 6 aromatic carbocycles. The molecule has 0 N–H and O–H groups in total. The van der Waals surface area contributed by atoms with E-state index in [-0.39, 0.29) is 0 Å². The van der Waals surface area contributed by atoms with Gasteiger partial charge in [0, 0.05) is 62.4 Å². The molecule has 0 aliphatic carbocycles. The summed E-state index contributed by atoms with van der Waals surface area (Å²) in [5.41, 5.74) is 9.85. The normalized spacial score (nSPS) is 11.6. The van der Waals surface area contributed by atoms with Gasteiger partial charge in [-0.1, -0.05) is 84.9 Å². The Kier molecular flexibility index (Phi) is 6.39. The van der Waals surface area contributed by atoms with E-state index in [1.54, 1.807) is 12.4 Å². The van der Waals surface area contributed by atoms with E-state index in [9.17, 15) is 0 Å². The highest BCUT2D eigenvalue weighted by Gasteiger charge is 2.18. The number of para-hydroxylation sites is 2. The van der Waals surface area contributed by atoms with E-state index in [2.05, 4.69) is 101 Å². The SMILES string of the molecule is c1ccc(-c2cccc(-c3nc(-c4cccnc4)nc(-c4ccc5oc6cc7c(cc6c5c4)c4ccccc4n7-c4ccccc4)n3)c2)cc1. The van der Waals surface area contributed by atoms with Gasteiger partial charge in [-0.2, -0.15) is 0 Å². The van der Waals surface area contributed by atoms with E-state index in [1.807, 2.05) is 60.7 Å². The number of aromatic nitrogens is 5. The van der Waals surface area contributed by atoms with Crippen LogP contribution in [0, 0.1) is 0 Å². The fourth-order valence-corrected chi connectivity index (χ4v) is 6.96. The van der Waals surface area contributed by atoms with Crippen LogP contribution >= 0.6 is 0 Å². The van der Waals surface area contributed by atoms with Crippen LogP contribution in [0.2, 0.25) is 0 Å². The maximum Gasteiger partial charge on any atom is 0.165 e. The Morgan fingerprint density at radius 2 is 1.06 bits per heavy atom. The van der Waals surface area contributed by atoms with Crippen LogP contribution in [0.5, 0.6) is 0 Å². The van der Waals surface area contributed by atoms with Gasteiger partial charge in [-0.3, -0.25) is 4.98 Å². The van der Waals surface area contributed by atoms with Crippen LogP contribution in [0.4, 0.5) is 0 Å². The van der Waals surface area contributed by atoms with E-state index < -0.39 is 0 Å². The van der Waals surface area contributed by atoms with E-state index >= 15 is 0 Å². The van der Waals surface area contributed by atoms with Crippen LogP contribution in [-0.4, -0.2) is 24.5 Å². The molecule has 0 aliphatic heterocycles. The summed E-state index contributed by atoms with van der Waals surface area (Å²) in [6, 6.07) is 52.2. The lowest BCUT2D eigenvalue weighted by Gasteiger charge is -2.09. The van der Waals surface area contributed by atoms with Crippen LogP contribution in [-0.2, 0) is 0 Å². The quantitative estimate of drug-likeness (QED) is 0.187. The van der Waals surface area contributed by atoms with E-state index in [0.717, 1.165) is 66.5 Å². The van der Waals surface area contributed by atoms with Crippen LogP contribution in [0.3, 0.4) is 0 Å². The first kappa shape index (κ1) is 28.1. The predicted molar refractivity (Wildman–Crippen MR) is 201 cm³/mol. The van der Waals surface area contributed by atoms with Gasteiger partial charge in [0.2, 0.25) is 0 Å². The van der Waals surface area contributed by atoms with Crippen molar-refractivity contribution < 1.29 is 4.42 Å². The maximum atomic E-state index is 6.50. The van der Waals surface area contributed by atoms with E-state index in [1.165, 1.54) is 10.8 Å². The van der Waals surface area contributed by atoms with Crippen LogP contribution in [0.1, 0.15) is 0 Å². The highest BCUT2D eigenvalue weighted by Crippen LogP contribution is 2.39. The zero-order valence-corrected chi connectivity index (χ0v) is 26.7. The van der Waals surface area contributed by atoms with Gasteiger partial charge in [0.05, 0.1) is 11.0 Å². The Bertz CT molecular complexity index is 2860. The number of hydrogen-bond acceptors (Lipinski definition) is 5. The van der Waals surface area contributed by atoms with Gasteiger partial charge in [0.15, 0.2) is 17.5 Å². The summed E-state index contributed by atoms with van der Waals surface area (Å²) in [6.45, 7) is 0. The molecule has 0 atom stereocenters. The Morgan fingerprint density at radius 3 is 1.86 bits per heavy atom. The minimum atomic E-state index is 0.566. The minimum absolute atomic E-state index is 0.566. The average Bonchev–Trinajstić information content (AvgIpc) is 3.72. The van der Waals surface area contributed by atoms with Crippen LogP contribution in [0.25, 0.3) is 94.7 Å². The van der Waals surface area contributed by atoms with Crippen molar-refractivity contribution >= 4 is 43.7 Å². The second kappa shape index (κ2) is 11.4. The summed E-state index contributed by atoms with van der Waals surface area (Å²) >= 11 is 0. The topological polar surface area (TPSA) is 69.6 Å². The molecule has 4 aromatic heterocycles. The zero-order chi connectivity index (χ0) is 33.0. The number of nitrogens with zero attached hydrogens (tertiary/aromatic N) is 5. The number of hydrogen-bond donors (Lipinski definition) is 0. The molecular weight excluding hydrogens is 615 g/mol. The van der Waals surface area contributed by atoms with Gasteiger partial charge in [0.1, 0.15) is 11.2 Å². The third-order valence-electron chi connectivity index (χ3n) is 9.32. The van der Waals surface area contributed by atoms with Crippen molar-refractivity contribution in [3.8, 4) is 51.0 Å². The van der Waals surface area contributed by atoms with Crippen molar-refractivity contribution in [3.05, 3.63) is 164 Å². The van der Waals surface area contributed by atoms with Gasteiger partial charge in [-0.25, -0.2) is 15.0 Å². The molecule has 0 bridgehead atoms. The molecule has 4 heterocycles. The van der Waals surface area contributed by atoms with Crippen molar-refractivity contribution in [2.75, 3.05) is 0 Å². The molecule has 0 spiro atoms. The molecule has 0 radical (unpaired) electrons. The summed E-state index contributed by atoms with van der Waals surface area (Å²) in [4.78, 5) is 19.3. The molecule has 50 heavy (non-hydrogen) atoms. The second-order valence-electron chi connectivity index (χ2n) is 12.4. The molecule has 0 saturated carbocycles. The molecular formula is C44H27N5O. The van der Waals surface area contributed by atoms with Crippen molar-refractivity contribution in [1.29, 1.82) is 0 Å². The lowest BCUT2D eigenvalue weighted by molar-refractivity contribution is 0.669. The summed E-state index contributed by atoms with van der Waals surface area (Å²) in [7, 11) is 0. The largest absolute Gasteiger partial charge is 0.456 e. The third-order valence-corrected chi connectivity index (χ3v) is 9.32. The first-order valence-electron chi connectivity index (χ1n) is 16.5. The number of benzene rings is 6. The van der Waals surface area contributed by atoms with Gasteiger partial charge >= 0.3 is 0 Å². The van der Waals surface area contributed by atoms with Crippen LogP contribution in [0.15, 0.2) is 168 Å². The summed E-state index contributed by atoms with van der Waals surface area (Å²) < 4.78 is 8.81. The summed E-state index contributed by atoms with van der Waals surface area (Å²) in [5, 5.41) is 4.42. The average molecular weight is 642 g/mol. The zero-order valence-electron chi connectivity index (χ0n) is 26.7. The number of rotatable bonds is 5. The first-order chi connectivity index (χ1) is 24.8. The molecule has 6 heteroatoms.